The lowest BCUT2D eigenvalue weighted by atomic mass is 10.3. The Kier molecular flexibility index (Phi) is 8.06. The number of anilines is 1. The molecule has 0 aliphatic carbocycles. The minimum absolute atomic E-state index is 0.158. The van der Waals surface area contributed by atoms with Gasteiger partial charge in [0.2, 0.25) is 5.91 Å². The Labute approximate surface area is 195 Å². The zero-order chi connectivity index (χ0) is 22.4. The highest BCUT2D eigenvalue weighted by Crippen LogP contribution is 2.27. The van der Waals surface area contributed by atoms with Gasteiger partial charge in [0, 0.05) is 11.6 Å². The third kappa shape index (κ3) is 6.06. The molecule has 0 aliphatic rings. The number of benzene rings is 2. The minimum Gasteiger partial charge on any atom is -0.497 e. The molecule has 1 atom stereocenters. The van der Waals surface area contributed by atoms with Gasteiger partial charge in [-0.25, -0.2) is 0 Å². The zero-order valence-corrected chi connectivity index (χ0v) is 19.6. The summed E-state index contributed by atoms with van der Waals surface area (Å²) in [6, 6.07) is 12.3. The number of carbonyl (C=O) groups excluding carboxylic acids is 1. The molecule has 3 aromatic rings. The number of amides is 1. The molecule has 0 bridgehead atoms. The van der Waals surface area contributed by atoms with Crippen LogP contribution in [0.4, 0.5) is 5.69 Å². The van der Waals surface area contributed by atoms with Crippen molar-refractivity contribution >= 4 is 46.6 Å². The van der Waals surface area contributed by atoms with Crippen molar-refractivity contribution in [3.63, 3.8) is 0 Å². The molecule has 10 heteroatoms. The molecule has 0 fully saturated rings. The van der Waals surface area contributed by atoms with E-state index in [1.807, 2.05) is 42.7 Å². The number of carbonyl (C=O) groups is 1. The maximum absolute atomic E-state index is 12.3. The van der Waals surface area contributed by atoms with Crippen molar-refractivity contribution in [2.45, 2.75) is 31.7 Å². The van der Waals surface area contributed by atoms with Crippen LogP contribution in [-0.2, 0) is 11.3 Å². The lowest BCUT2D eigenvalue weighted by Gasteiger charge is -2.16. The maximum Gasteiger partial charge on any atom is 0.234 e. The number of halogens is 2. The second-order valence-electron chi connectivity index (χ2n) is 6.48. The molecule has 0 radical (unpaired) electrons. The molecule has 1 N–H and O–H groups in total. The van der Waals surface area contributed by atoms with Crippen molar-refractivity contribution in [2.24, 2.45) is 0 Å². The van der Waals surface area contributed by atoms with Gasteiger partial charge in [-0.1, -0.05) is 35.0 Å². The largest absolute Gasteiger partial charge is 0.497 e. The van der Waals surface area contributed by atoms with E-state index in [4.69, 9.17) is 32.7 Å². The number of hydrogen-bond acceptors (Lipinski definition) is 6. The van der Waals surface area contributed by atoms with Crippen molar-refractivity contribution in [1.82, 2.24) is 14.8 Å². The summed E-state index contributed by atoms with van der Waals surface area (Å²) >= 11 is 13.3. The number of rotatable bonds is 9. The Hall–Kier alpha value is -2.42. The number of aromatic nitrogens is 3. The van der Waals surface area contributed by atoms with Crippen LogP contribution < -0.4 is 14.8 Å². The van der Waals surface area contributed by atoms with E-state index in [9.17, 15) is 4.79 Å². The standard InChI is InChI=1S/C21H22Cl2N4O3S/c1-4-27-20(13(2)30-16-8-6-15(29-3)7-9-16)25-26-21(27)31-12-19(28)24-18-10-5-14(22)11-17(18)23/h5-11,13H,4,12H2,1-3H3,(H,24,28). The number of thioether (sulfide) groups is 1. The fourth-order valence-corrected chi connectivity index (χ4v) is 4.09. The molecule has 164 valence electrons. The predicted molar refractivity (Wildman–Crippen MR) is 124 cm³/mol. The average Bonchev–Trinajstić information content (AvgIpc) is 3.18. The second-order valence-corrected chi connectivity index (χ2v) is 8.27. The monoisotopic (exact) mass is 480 g/mol. The summed E-state index contributed by atoms with van der Waals surface area (Å²) in [4.78, 5) is 12.3. The van der Waals surface area contributed by atoms with Crippen molar-refractivity contribution < 1.29 is 14.3 Å². The fraction of sp³-hybridized carbons (Fsp3) is 0.286. The van der Waals surface area contributed by atoms with Crippen molar-refractivity contribution in [1.29, 1.82) is 0 Å². The maximum atomic E-state index is 12.3. The quantitative estimate of drug-likeness (QED) is 0.408. The number of nitrogens with zero attached hydrogens (tertiary/aromatic N) is 3. The summed E-state index contributed by atoms with van der Waals surface area (Å²) in [5.41, 5.74) is 0.510. The van der Waals surface area contributed by atoms with Crippen LogP contribution in [0.15, 0.2) is 47.6 Å². The molecule has 0 spiro atoms. The molecular formula is C21H22Cl2N4O3S. The fourth-order valence-electron chi connectivity index (χ4n) is 2.82. The SMILES string of the molecule is CCn1c(SCC(=O)Nc2ccc(Cl)cc2Cl)nnc1C(C)Oc1ccc(OC)cc1. The molecule has 0 saturated carbocycles. The molecule has 31 heavy (non-hydrogen) atoms. The smallest absolute Gasteiger partial charge is 0.234 e. The third-order valence-electron chi connectivity index (χ3n) is 4.34. The Morgan fingerprint density at radius 1 is 1.16 bits per heavy atom. The van der Waals surface area contributed by atoms with Crippen LogP contribution in [0.25, 0.3) is 0 Å². The van der Waals surface area contributed by atoms with Crippen LogP contribution in [0.3, 0.4) is 0 Å². The highest BCUT2D eigenvalue weighted by atomic mass is 35.5. The first-order valence-corrected chi connectivity index (χ1v) is 11.3. The average molecular weight is 481 g/mol. The Morgan fingerprint density at radius 2 is 1.87 bits per heavy atom. The lowest BCUT2D eigenvalue weighted by Crippen LogP contribution is -2.15. The number of hydrogen-bond donors (Lipinski definition) is 1. The molecule has 3 rings (SSSR count). The zero-order valence-electron chi connectivity index (χ0n) is 17.3. The Bertz CT molecular complexity index is 1040. The summed E-state index contributed by atoms with van der Waals surface area (Å²) in [5.74, 6) is 2.09. The van der Waals surface area contributed by atoms with Crippen molar-refractivity contribution in [2.75, 3.05) is 18.2 Å². The molecule has 1 aromatic heterocycles. The molecule has 1 heterocycles. The summed E-state index contributed by atoms with van der Waals surface area (Å²) in [5, 5.41) is 12.8. The Morgan fingerprint density at radius 3 is 2.52 bits per heavy atom. The van der Waals surface area contributed by atoms with Gasteiger partial charge < -0.3 is 19.4 Å². The first-order chi connectivity index (χ1) is 14.9. The topological polar surface area (TPSA) is 78.3 Å². The lowest BCUT2D eigenvalue weighted by molar-refractivity contribution is -0.113. The van der Waals surface area contributed by atoms with E-state index in [0.29, 0.717) is 39.0 Å². The van der Waals surface area contributed by atoms with Gasteiger partial charge in [0.05, 0.1) is 23.6 Å². The third-order valence-corrected chi connectivity index (χ3v) is 5.85. The van der Waals surface area contributed by atoms with Crippen molar-refractivity contribution in [3.05, 3.63) is 58.3 Å². The predicted octanol–water partition coefficient (Wildman–Crippen LogP) is 5.48. The van der Waals surface area contributed by atoms with Crippen LogP contribution in [0.2, 0.25) is 10.0 Å². The van der Waals surface area contributed by atoms with E-state index in [1.54, 1.807) is 25.3 Å². The summed E-state index contributed by atoms with van der Waals surface area (Å²) in [7, 11) is 1.62. The van der Waals surface area contributed by atoms with E-state index in [0.717, 1.165) is 5.75 Å². The molecule has 0 saturated heterocycles. The number of ether oxygens (including phenoxy) is 2. The van der Waals surface area contributed by atoms with Gasteiger partial charge in [0.1, 0.15) is 11.5 Å². The minimum atomic E-state index is -0.322. The first kappa shape index (κ1) is 23.2. The van der Waals surface area contributed by atoms with E-state index in [-0.39, 0.29) is 17.8 Å². The van der Waals surface area contributed by atoms with Gasteiger partial charge in [-0.2, -0.15) is 0 Å². The Balaban J connectivity index is 1.62. The molecule has 0 aliphatic heterocycles. The van der Waals surface area contributed by atoms with Gasteiger partial charge in [-0.3, -0.25) is 4.79 Å². The highest BCUT2D eigenvalue weighted by molar-refractivity contribution is 7.99. The van der Waals surface area contributed by atoms with Gasteiger partial charge in [-0.15, -0.1) is 10.2 Å². The number of nitrogens with one attached hydrogen (secondary N) is 1. The second kappa shape index (κ2) is 10.7. The normalized spacial score (nSPS) is 11.8. The first-order valence-electron chi connectivity index (χ1n) is 9.52. The molecule has 1 amide bonds. The summed E-state index contributed by atoms with van der Waals surface area (Å²) in [6.07, 6.45) is -0.322. The molecule has 7 nitrogen and oxygen atoms in total. The van der Waals surface area contributed by atoms with Gasteiger partial charge in [-0.05, 0) is 56.3 Å². The van der Waals surface area contributed by atoms with Gasteiger partial charge in [0.25, 0.3) is 0 Å². The van der Waals surface area contributed by atoms with Crippen LogP contribution in [-0.4, -0.2) is 33.5 Å². The van der Waals surface area contributed by atoms with E-state index in [2.05, 4.69) is 15.5 Å². The van der Waals surface area contributed by atoms with Crippen LogP contribution in [0.5, 0.6) is 11.5 Å². The van der Waals surface area contributed by atoms with Crippen molar-refractivity contribution in [3.8, 4) is 11.5 Å². The molecule has 2 aromatic carbocycles. The van der Waals surface area contributed by atoms with E-state index < -0.39 is 0 Å². The van der Waals surface area contributed by atoms with E-state index >= 15 is 0 Å². The molecule has 1 unspecified atom stereocenters. The number of methoxy groups -OCH3 is 1. The van der Waals surface area contributed by atoms with E-state index in [1.165, 1.54) is 11.8 Å². The van der Waals surface area contributed by atoms with Crippen LogP contribution >= 0.6 is 35.0 Å². The summed E-state index contributed by atoms with van der Waals surface area (Å²) in [6.45, 7) is 4.54. The summed E-state index contributed by atoms with van der Waals surface area (Å²) < 4.78 is 13.1. The van der Waals surface area contributed by atoms with Crippen LogP contribution in [0.1, 0.15) is 25.8 Å². The van der Waals surface area contributed by atoms with Gasteiger partial charge >= 0.3 is 0 Å². The molecular weight excluding hydrogens is 459 g/mol. The highest BCUT2D eigenvalue weighted by Gasteiger charge is 2.19. The van der Waals surface area contributed by atoms with Crippen LogP contribution in [0, 0.1) is 0 Å². The van der Waals surface area contributed by atoms with Gasteiger partial charge in [0.15, 0.2) is 17.1 Å².